The molecule has 190 valence electrons. The molecule has 1 aliphatic rings. The van der Waals surface area contributed by atoms with Crippen LogP contribution in [0.15, 0.2) is 61.2 Å². The van der Waals surface area contributed by atoms with Gasteiger partial charge in [0.05, 0.1) is 6.04 Å². The van der Waals surface area contributed by atoms with E-state index in [9.17, 15) is 4.79 Å². The number of nitrogens with zero attached hydrogens (tertiary/aromatic N) is 2. The van der Waals surface area contributed by atoms with Crippen LogP contribution in [0.4, 0.5) is 0 Å². The van der Waals surface area contributed by atoms with Gasteiger partial charge in [0.25, 0.3) is 5.24 Å². The van der Waals surface area contributed by atoms with Gasteiger partial charge >= 0.3 is 0 Å². The van der Waals surface area contributed by atoms with Gasteiger partial charge in [-0.05, 0) is 72.9 Å². The van der Waals surface area contributed by atoms with Crippen molar-refractivity contribution in [3.05, 3.63) is 77.9 Å². The molecule has 2 aromatic carbocycles. The molecule has 0 N–H and O–H groups in total. The van der Waals surface area contributed by atoms with Crippen LogP contribution >= 0.6 is 11.6 Å². The van der Waals surface area contributed by atoms with E-state index in [-0.39, 0.29) is 17.1 Å². The number of benzene rings is 2. The van der Waals surface area contributed by atoms with Crippen LogP contribution in [0.1, 0.15) is 62.1 Å². The highest BCUT2D eigenvalue weighted by Gasteiger charge is 2.40. The standard InChI is InChI=1S/C29H41ClN2O2Si/c1-9-17-31-19-22(3)32(20-21(31)2)27(25-15-10-11-16-26(25)28(30)33)23-13-12-14-24(18-23)34-35(7,8)29(4,5)6/h9-16,18,21-22,27H,1,17,19-20H2,2-8H3/t21-,22+,27-/m1/s1. The molecule has 1 fully saturated rings. The van der Waals surface area contributed by atoms with E-state index in [4.69, 9.17) is 16.0 Å². The van der Waals surface area contributed by atoms with E-state index in [0.717, 1.165) is 36.5 Å². The fourth-order valence-corrected chi connectivity index (χ4v) is 5.86. The fourth-order valence-electron chi connectivity index (χ4n) is 4.66. The first-order chi connectivity index (χ1) is 16.4. The minimum Gasteiger partial charge on any atom is -0.543 e. The maximum absolute atomic E-state index is 12.4. The summed E-state index contributed by atoms with van der Waals surface area (Å²) in [6.07, 6.45) is 1.97. The number of hydrogen-bond acceptors (Lipinski definition) is 4. The third-order valence-corrected chi connectivity index (χ3v) is 12.2. The van der Waals surface area contributed by atoms with E-state index in [1.165, 1.54) is 0 Å². The Morgan fingerprint density at radius 2 is 1.83 bits per heavy atom. The zero-order chi connectivity index (χ0) is 26.0. The zero-order valence-electron chi connectivity index (χ0n) is 22.3. The molecule has 3 atom stereocenters. The summed E-state index contributed by atoms with van der Waals surface area (Å²) in [5, 5.41) is -0.323. The summed E-state index contributed by atoms with van der Waals surface area (Å²) in [5.74, 6) is 0.889. The smallest absolute Gasteiger partial charge is 0.252 e. The minimum absolute atomic E-state index is 0.103. The molecular weight excluding hydrogens is 472 g/mol. The molecule has 1 saturated heterocycles. The maximum Gasteiger partial charge on any atom is 0.252 e. The lowest BCUT2D eigenvalue weighted by Gasteiger charge is -2.47. The molecule has 0 aliphatic carbocycles. The van der Waals surface area contributed by atoms with Crippen molar-refractivity contribution < 1.29 is 9.22 Å². The van der Waals surface area contributed by atoms with Gasteiger partial charge in [-0.3, -0.25) is 14.6 Å². The quantitative estimate of drug-likeness (QED) is 0.214. The molecule has 1 aliphatic heterocycles. The van der Waals surface area contributed by atoms with Gasteiger partial charge in [-0.15, -0.1) is 6.58 Å². The van der Waals surface area contributed by atoms with E-state index < -0.39 is 13.6 Å². The molecule has 35 heavy (non-hydrogen) atoms. The Bertz CT molecular complexity index is 1050. The highest BCUT2D eigenvalue weighted by molar-refractivity contribution is 6.74. The minimum atomic E-state index is -2.00. The first kappa shape index (κ1) is 27.7. The Labute approximate surface area is 218 Å². The van der Waals surface area contributed by atoms with E-state index in [1.54, 1.807) is 0 Å². The third-order valence-electron chi connectivity index (χ3n) is 7.68. The van der Waals surface area contributed by atoms with Gasteiger partial charge in [0.1, 0.15) is 5.75 Å². The summed E-state index contributed by atoms with van der Waals surface area (Å²) in [7, 11) is -2.00. The Hall–Kier alpha value is -1.92. The van der Waals surface area contributed by atoms with Crippen molar-refractivity contribution in [2.75, 3.05) is 19.6 Å². The molecule has 1 heterocycles. The van der Waals surface area contributed by atoms with Gasteiger partial charge in [0.15, 0.2) is 0 Å². The van der Waals surface area contributed by atoms with Crippen LogP contribution in [-0.4, -0.2) is 55.1 Å². The van der Waals surface area contributed by atoms with Crippen LogP contribution in [0.3, 0.4) is 0 Å². The number of hydrogen-bond donors (Lipinski definition) is 0. The van der Waals surface area contributed by atoms with E-state index in [0.29, 0.717) is 11.6 Å². The number of halogens is 1. The summed E-state index contributed by atoms with van der Waals surface area (Å²) in [6.45, 7) is 22.4. The highest BCUT2D eigenvalue weighted by Crippen LogP contribution is 2.40. The number of carbonyl (C=O) groups excluding carboxylic acids is 1. The molecule has 0 amide bonds. The van der Waals surface area contributed by atoms with Gasteiger partial charge in [0.2, 0.25) is 8.32 Å². The second kappa shape index (κ2) is 11.0. The average Bonchev–Trinajstić information content (AvgIpc) is 2.77. The van der Waals surface area contributed by atoms with Crippen molar-refractivity contribution in [1.82, 2.24) is 9.80 Å². The number of piperazine rings is 1. The second-order valence-electron chi connectivity index (χ2n) is 11.3. The lowest BCUT2D eigenvalue weighted by atomic mass is 9.90. The first-order valence-electron chi connectivity index (χ1n) is 12.5. The predicted molar refractivity (Wildman–Crippen MR) is 150 cm³/mol. The molecule has 6 heteroatoms. The summed E-state index contributed by atoms with van der Waals surface area (Å²) in [4.78, 5) is 17.4. The largest absolute Gasteiger partial charge is 0.543 e. The maximum atomic E-state index is 12.4. The van der Waals surface area contributed by atoms with Crippen molar-refractivity contribution in [3.8, 4) is 5.75 Å². The monoisotopic (exact) mass is 512 g/mol. The van der Waals surface area contributed by atoms with Gasteiger partial charge in [0, 0.05) is 37.3 Å². The molecular formula is C29H41ClN2O2Si. The van der Waals surface area contributed by atoms with Crippen LogP contribution in [-0.2, 0) is 0 Å². The molecule has 0 aromatic heterocycles. The van der Waals surface area contributed by atoms with Gasteiger partial charge < -0.3 is 4.43 Å². The molecule has 4 nitrogen and oxygen atoms in total. The van der Waals surface area contributed by atoms with Crippen molar-refractivity contribution in [3.63, 3.8) is 0 Å². The molecule has 3 rings (SSSR count). The van der Waals surface area contributed by atoms with Gasteiger partial charge in [-0.25, -0.2) is 0 Å². The number of carbonyl (C=O) groups is 1. The van der Waals surface area contributed by atoms with E-state index in [2.05, 4.69) is 82.3 Å². The second-order valence-corrected chi connectivity index (χ2v) is 16.4. The van der Waals surface area contributed by atoms with Crippen LogP contribution in [0.2, 0.25) is 18.1 Å². The normalized spacial score (nSPS) is 20.9. The fraction of sp³-hybridized carbons (Fsp3) is 0.483. The summed E-state index contributed by atoms with van der Waals surface area (Å²) in [5.41, 5.74) is 2.61. The topological polar surface area (TPSA) is 32.8 Å². The van der Waals surface area contributed by atoms with Crippen LogP contribution < -0.4 is 4.43 Å². The molecule has 0 radical (unpaired) electrons. The van der Waals surface area contributed by atoms with E-state index >= 15 is 0 Å². The number of rotatable bonds is 8. The summed E-state index contributed by atoms with van der Waals surface area (Å²) < 4.78 is 6.66. The molecule has 2 aromatic rings. The lowest BCUT2D eigenvalue weighted by molar-refractivity contribution is 0.0304. The predicted octanol–water partition coefficient (Wildman–Crippen LogP) is 7.12. The summed E-state index contributed by atoms with van der Waals surface area (Å²) in [6, 6.07) is 16.7. The molecule has 0 bridgehead atoms. The molecule has 0 saturated carbocycles. The SMILES string of the molecule is C=CCN1C[C@H](C)N([C@H](c2cccc(O[Si](C)(C)C(C)(C)C)c2)c2ccccc2C(=O)Cl)C[C@H]1C. The van der Waals surface area contributed by atoms with E-state index in [1.807, 2.05) is 36.4 Å². The Morgan fingerprint density at radius 1 is 1.14 bits per heavy atom. The first-order valence-corrected chi connectivity index (χ1v) is 15.8. The third kappa shape index (κ3) is 6.26. The van der Waals surface area contributed by atoms with Crippen molar-refractivity contribution in [2.24, 2.45) is 0 Å². The Morgan fingerprint density at radius 3 is 2.46 bits per heavy atom. The summed E-state index contributed by atoms with van der Waals surface area (Å²) >= 11 is 6.08. The lowest BCUT2D eigenvalue weighted by Crippen LogP contribution is -2.57. The van der Waals surface area contributed by atoms with Gasteiger partial charge in [-0.1, -0.05) is 57.2 Å². The van der Waals surface area contributed by atoms with Crippen molar-refractivity contribution in [2.45, 2.75) is 70.9 Å². The van der Waals surface area contributed by atoms with Crippen LogP contribution in [0, 0.1) is 0 Å². The highest BCUT2D eigenvalue weighted by atomic mass is 35.5. The van der Waals surface area contributed by atoms with Crippen molar-refractivity contribution >= 4 is 25.2 Å². The Kier molecular flexibility index (Phi) is 8.69. The zero-order valence-corrected chi connectivity index (χ0v) is 24.1. The molecule has 0 unspecified atom stereocenters. The average molecular weight is 513 g/mol. The van der Waals surface area contributed by atoms with Crippen LogP contribution in [0.5, 0.6) is 5.75 Å². The Balaban J connectivity index is 2.09. The van der Waals surface area contributed by atoms with Crippen LogP contribution in [0.25, 0.3) is 0 Å². The van der Waals surface area contributed by atoms with Gasteiger partial charge in [-0.2, -0.15) is 0 Å². The molecule has 0 spiro atoms. The van der Waals surface area contributed by atoms with Crippen molar-refractivity contribution in [1.29, 1.82) is 0 Å².